The van der Waals surface area contributed by atoms with E-state index in [1.807, 2.05) is 0 Å². The molecule has 0 saturated heterocycles. The van der Waals surface area contributed by atoms with Gasteiger partial charge < -0.3 is 10.6 Å². The Hall–Kier alpha value is -0.0800. The van der Waals surface area contributed by atoms with Crippen LogP contribution in [0.25, 0.3) is 0 Å². The minimum Gasteiger partial charge on any atom is -0.330 e. The predicted octanol–water partition coefficient (Wildman–Crippen LogP) is 2.24. The second kappa shape index (κ2) is 5.72. The van der Waals surface area contributed by atoms with E-state index < -0.39 is 0 Å². The molecule has 0 aromatic rings. The largest absolute Gasteiger partial charge is 0.330 e. The Morgan fingerprint density at radius 2 is 2.00 bits per heavy atom. The predicted molar refractivity (Wildman–Crippen MR) is 62.4 cm³/mol. The Morgan fingerprint density at radius 3 is 2.50 bits per heavy atom. The lowest BCUT2D eigenvalue weighted by Gasteiger charge is -2.23. The van der Waals surface area contributed by atoms with Gasteiger partial charge in [0.1, 0.15) is 0 Å². The maximum Gasteiger partial charge on any atom is 0.00354 e. The lowest BCUT2D eigenvalue weighted by molar-refractivity contribution is 0.250. The zero-order valence-corrected chi connectivity index (χ0v) is 9.89. The van der Waals surface area contributed by atoms with Crippen molar-refractivity contribution in [1.29, 1.82) is 0 Å². The fourth-order valence-corrected chi connectivity index (χ4v) is 2.25. The van der Waals surface area contributed by atoms with Crippen LogP contribution in [0.15, 0.2) is 0 Å². The van der Waals surface area contributed by atoms with Crippen LogP contribution in [0.1, 0.15) is 45.4 Å². The zero-order valence-electron chi connectivity index (χ0n) is 9.89. The van der Waals surface area contributed by atoms with E-state index in [9.17, 15) is 0 Å². The van der Waals surface area contributed by atoms with Gasteiger partial charge >= 0.3 is 0 Å². The smallest absolute Gasteiger partial charge is 0.00354 e. The Morgan fingerprint density at radius 1 is 1.29 bits per heavy atom. The topological polar surface area (TPSA) is 29.3 Å². The van der Waals surface area contributed by atoms with E-state index in [-0.39, 0.29) is 0 Å². The molecule has 0 aliphatic heterocycles. The van der Waals surface area contributed by atoms with Gasteiger partial charge in [0.25, 0.3) is 0 Å². The summed E-state index contributed by atoms with van der Waals surface area (Å²) in [6.45, 7) is 5.66. The van der Waals surface area contributed by atoms with Gasteiger partial charge in [0.2, 0.25) is 0 Å². The maximum absolute atomic E-state index is 5.63. The fourth-order valence-electron chi connectivity index (χ4n) is 2.25. The summed E-state index contributed by atoms with van der Waals surface area (Å²) < 4.78 is 0. The molecule has 1 saturated carbocycles. The van der Waals surface area contributed by atoms with Crippen molar-refractivity contribution in [2.45, 2.75) is 45.4 Å². The van der Waals surface area contributed by atoms with Gasteiger partial charge in [-0.1, -0.05) is 19.8 Å². The highest BCUT2D eigenvalue weighted by Crippen LogP contribution is 2.48. The molecule has 1 aliphatic rings. The van der Waals surface area contributed by atoms with E-state index in [1.54, 1.807) is 0 Å². The monoisotopic (exact) mass is 198 g/mol. The first-order valence-electron chi connectivity index (χ1n) is 6.11. The number of unbranched alkanes of at least 4 members (excludes halogenated alkanes) is 2. The SMILES string of the molecule is CCCCCN(C)CC1(CCN)CC1. The van der Waals surface area contributed by atoms with Gasteiger partial charge in [-0.3, -0.25) is 0 Å². The second-order valence-electron chi connectivity index (χ2n) is 4.98. The number of hydrogen-bond acceptors (Lipinski definition) is 2. The third-order valence-electron chi connectivity index (χ3n) is 3.38. The summed E-state index contributed by atoms with van der Waals surface area (Å²) in [6.07, 6.45) is 8.08. The molecule has 14 heavy (non-hydrogen) atoms. The van der Waals surface area contributed by atoms with E-state index in [1.165, 1.54) is 51.6 Å². The van der Waals surface area contributed by atoms with Crippen LogP contribution in [0.2, 0.25) is 0 Å². The summed E-state index contributed by atoms with van der Waals surface area (Å²) in [4.78, 5) is 2.50. The Balaban J connectivity index is 2.10. The van der Waals surface area contributed by atoms with Crippen LogP contribution < -0.4 is 5.73 Å². The third kappa shape index (κ3) is 3.97. The highest BCUT2D eigenvalue weighted by Gasteiger charge is 2.41. The van der Waals surface area contributed by atoms with Gasteiger partial charge in [0.05, 0.1) is 0 Å². The lowest BCUT2D eigenvalue weighted by atomic mass is 10.0. The molecule has 1 rings (SSSR count). The Kier molecular flexibility index (Phi) is 4.90. The average Bonchev–Trinajstić information content (AvgIpc) is 2.86. The van der Waals surface area contributed by atoms with Crippen molar-refractivity contribution in [1.82, 2.24) is 4.90 Å². The van der Waals surface area contributed by atoms with Crippen LogP contribution in [0, 0.1) is 5.41 Å². The molecule has 0 aromatic carbocycles. The molecule has 0 unspecified atom stereocenters. The van der Waals surface area contributed by atoms with E-state index in [0.717, 1.165) is 6.54 Å². The van der Waals surface area contributed by atoms with Gasteiger partial charge in [-0.15, -0.1) is 0 Å². The summed E-state index contributed by atoms with van der Waals surface area (Å²) in [7, 11) is 2.26. The third-order valence-corrected chi connectivity index (χ3v) is 3.38. The lowest BCUT2D eigenvalue weighted by Crippen LogP contribution is -2.29. The van der Waals surface area contributed by atoms with E-state index >= 15 is 0 Å². The van der Waals surface area contributed by atoms with Crippen molar-refractivity contribution in [3.8, 4) is 0 Å². The van der Waals surface area contributed by atoms with Crippen LogP contribution in [0.5, 0.6) is 0 Å². The summed E-state index contributed by atoms with van der Waals surface area (Å²) in [5.74, 6) is 0. The first kappa shape index (κ1) is 12.0. The summed E-state index contributed by atoms with van der Waals surface area (Å²) in [5, 5.41) is 0. The normalized spacial score (nSPS) is 18.9. The van der Waals surface area contributed by atoms with Crippen LogP contribution in [0.3, 0.4) is 0 Å². The first-order chi connectivity index (χ1) is 6.72. The highest BCUT2D eigenvalue weighted by atomic mass is 15.1. The molecule has 2 heteroatoms. The molecular weight excluding hydrogens is 172 g/mol. The van der Waals surface area contributed by atoms with Gasteiger partial charge in [-0.25, -0.2) is 0 Å². The summed E-state index contributed by atoms with van der Waals surface area (Å²) in [5.41, 5.74) is 6.25. The second-order valence-corrected chi connectivity index (χ2v) is 4.98. The highest BCUT2D eigenvalue weighted by molar-refractivity contribution is 4.95. The van der Waals surface area contributed by atoms with Crippen molar-refractivity contribution in [3.63, 3.8) is 0 Å². The van der Waals surface area contributed by atoms with Crippen molar-refractivity contribution in [3.05, 3.63) is 0 Å². The van der Waals surface area contributed by atoms with Crippen molar-refractivity contribution in [2.24, 2.45) is 11.1 Å². The molecule has 0 amide bonds. The number of nitrogens with zero attached hydrogens (tertiary/aromatic N) is 1. The molecule has 0 bridgehead atoms. The summed E-state index contributed by atoms with van der Waals surface area (Å²) in [6, 6.07) is 0. The van der Waals surface area contributed by atoms with E-state index in [0.29, 0.717) is 5.41 Å². The molecule has 2 N–H and O–H groups in total. The number of nitrogens with two attached hydrogens (primary N) is 1. The maximum atomic E-state index is 5.63. The van der Waals surface area contributed by atoms with Crippen molar-refractivity contribution >= 4 is 0 Å². The van der Waals surface area contributed by atoms with Gasteiger partial charge in [0, 0.05) is 6.54 Å². The molecule has 0 aromatic heterocycles. The molecule has 84 valence electrons. The molecule has 0 heterocycles. The van der Waals surface area contributed by atoms with Crippen molar-refractivity contribution in [2.75, 3.05) is 26.7 Å². The Labute approximate surface area is 88.8 Å². The van der Waals surface area contributed by atoms with Crippen LogP contribution in [-0.4, -0.2) is 31.6 Å². The molecule has 0 radical (unpaired) electrons. The zero-order chi connectivity index (χ0) is 10.4. The minimum atomic E-state index is 0.621. The minimum absolute atomic E-state index is 0.621. The molecular formula is C12H26N2. The quantitative estimate of drug-likeness (QED) is 0.606. The van der Waals surface area contributed by atoms with Crippen molar-refractivity contribution < 1.29 is 0 Å². The van der Waals surface area contributed by atoms with Crippen LogP contribution in [-0.2, 0) is 0 Å². The number of rotatable bonds is 8. The van der Waals surface area contributed by atoms with Gasteiger partial charge in [0.15, 0.2) is 0 Å². The standard InChI is InChI=1S/C12H26N2/c1-3-4-5-10-14(2)11-12(6-7-12)8-9-13/h3-11,13H2,1-2H3. The molecule has 2 nitrogen and oxygen atoms in total. The first-order valence-corrected chi connectivity index (χ1v) is 6.11. The molecule has 0 atom stereocenters. The van der Waals surface area contributed by atoms with E-state index in [4.69, 9.17) is 5.73 Å². The number of hydrogen-bond donors (Lipinski definition) is 1. The summed E-state index contributed by atoms with van der Waals surface area (Å²) >= 11 is 0. The Bertz CT molecular complexity index is 152. The van der Waals surface area contributed by atoms with Crippen LogP contribution >= 0.6 is 0 Å². The van der Waals surface area contributed by atoms with E-state index in [2.05, 4.69) is 18.9 Å². The molecule has 0 spiro atoms. The van der Waals surface area contributed by atoms with Gasteiger partial charge in [-0.2, -0.15) is 0 Å². The molecule has 1 fully saturated rings. The van der Waals surface area contributed by atoms with Crippen LogP contribution in [0.4, 0.5) is 0 Å². The molecule has 1 aliphatic carbocycles. The fraction of sp³-hybridized carbons (Fsp3) is 1.00. The van der Waals surface area contributed by atoms with Gasteiger partial charge in [-0.05, 0) is 51.2 Å². The average molecular weight is 198 g/mol.